The molecule has 0 aliphatic carbocycles. The summed E-state index contributed by atoms with van der Waals surface area (Å²) in [6, 6.07) is 5.11. The third-order valence-electron chi connectivity index (χ3n) is 3.62. The molecule has 1 saturated heterocycles. The van der Waals surface area contributed by atoms with Crippen LogP contribution in [-0.2, 0) is 4.79 Å². The Morgan fingerprint density at radius 1 is 1.17 bits per heavy atom. The van der Waals surface area contributed by atoms with Crippen molar-refractivity contribution in [2.75, 3.05) is 45.1 Å². The minimum absolute atomic E-state index is 0.159. The molecular weight excluding hydrogens is 311 g/mol. The normalized spacial score (nSPS) is 17.0. The van der Waals surface area contributed by atoms with E-state index >= 15 is 0 Å². The highest BCUT2D eigenvalue weighted by Gasteiger charge is 2.30. The Hall–Kier alpha value is -1.80. The van der Waals surface area contributed by atoms with Crippen molar-refractivity contribution in [2.45, 2.75) is 12.8 Å². The van der Waals surface area contributed by atoms with E-state index in [2.05, 4.69) is 26.9 Å². The molecule has 1 N–H and O–H groups in total. The molecule has 0 spiro atoms. The minimum atomic E-state index is -4.72. The number of halogens is 3. The number of carbonyl (C=O) groups is 1. The first-order chi connectivity index (χ1) is 10.8. The predicted molar refractivity (Wildman–Crippen MR) is 80.3 cm³/mol. The monoisotopic (exact) mass is 331 g/mol. The highest BCUT2D eigenvalue weighted by Crippen LogP contribution is 2.23. The smallest absolute Gasteiger partial charge is 0.406 e. The molecule has 8 heteroatoms. The third-order valence-corrected chi connectivity index (χ3v) is 3.62. The maximum atomic E-state index is 12.1. The maximum absolute atomic E-state index is 12.1. The zero-order valence-electron chi connectivity index (χ0n) is 12.9. The number of carbonyl (C=O) groups excluding carboxylic acids is 1. The fourth-order valence-electron chi connectivity index (χ4n) is 2.29. The summed E-state index contributed by atoms with van der Waals surface area (Å²) in [7, 11) is 2.07. The lowest BCUT2D eigenvalue weighted by atomic mass is 10.2. The van der Waals surface area contributed by atoms with Crippen molar-refractivity contribution in [1.29, 1.82) is 0 Å². The van der Waals surface area contributed by atoms with Gasteiger partial charge in [0.1, 0.15) is 5.75 Å². The summed E-state index contributed by atoms with van der Waals surface area (Å²) in [5.41, 5.74) is 0.447. The summed E-state index contributed by atoms with van der Waals surface area (Å²) in [6.45, 7) is 4.53. The molecule has 1 fully saturated rings. The van der Waals surface area contributed by atoms with Gasteiger partial charge in [-0.1, -0.05) is 0 Å². The average Bonchev–Trinajstić information content (AvgIpc) is 2.47. The van der Waals surface area contributed by atoms with Gasteiger partial charge in [-0.3, -0.25) is 4.79 Å². The molecule has 1 aromatic rings. The van der Waals surface area contributed by atoms with Crippen molar-refractivity contribution in [3.8, 4) is 5.75 Å². The largest absolute Gasteiger partial charge is 0.573 e. The molecule has 0 radical (unpaired) electrons. The molecule has 1 heterocycles. The van der Waals surface area contributed by atoms with Crippen molar-refractivity contribution in [2.24, 2.45) is 0 Å². The zero-order chi connectivity index (χ0) is 16.9. The number of amides is 1. The van der Waals surface area contributed by atoms with Gasteiger partial charge in [-0.15, -0.1) is 13.2 Å². The fourth-order valence-corrected chi connectivity index (χ4v) is 2.29. The van der Waals surface area contributed by atoms with Gasteiger partial charge in [0.25, 0.3) is 0 Å². The highest BCUT2D eigenvalue weighted by atomic mass is 19.4. The molecule has 5 nitrogen and oxygen atoms in total. The van der Waals surface area contributed by atoms with E-state index < -0.39 is 6.36 Å². The first-order valence-electron chi connectivity index (χ1n) is 7.38. The van der Waals surface area contributed by atoms with Crippen molar-refractivity contribution in [3.63, 3.8) is 0 Å². The molecule has 1 aliphatic rings. The van der Waals surface area contributed by atoms with E-state index in [0.29, 0.717) is 18.7 Å². The van der Waals surface area contributed by atoms with Crippen LogP contribution in [0.3, 0.4) is 0 Å². The van der Waals surface area contributed by atoms with Crippen molar-refractivity contribution in [1.82, 2.24) is 9.80 Å². The molecule has 128 valence electrons. The second kappa shape index (κ2) is 7.65. The molecule has 2 rings (SSSR count). The van der Waals surface area contributed by atoms with Crippen LogP contribution in [-0.4, -0.2) is 61.8 Å². The lowest BCUT2D eigenvalue weighted by molar-refractivity contribution is -0.274. The molecule has 0 atom stereocenters. The Kier molecular flexibility index (Phi) is 5.84. The van der Waals surface area contributed by atoms with Crippen LogP contribution in [0.2, 0.25) is 0 Å². The van der Waals surface area contributed by atoms with E-state index in [4.69, 9.17) is 0 Å². The van der Waals surface area contributed by atoms with Crippen molar-refractivity contribution in [3.05, 3.63) is 24.3 Å². The molecule has 0 bridgehead atoms. The van der Waals surface area contributed by atoms with Gasteiger partial charge in [0.2, 0.25) is 5.91 Å². The highest BCUT2D eigenvalue weighted by molar-refractivity contribution is 5.90. The summed E-state index contributed by atoms with van der Waals surface area (Å²) >= 11 is 0. The Balaban J connectivity index is 1.74. The molecule has 23 heavy (non-hydrogen) atoms. The average molecular weight is 331 g/mol. The Morgan fingerprint density at radius 2 is 1.78 bits per heavy atom. The summed E-state index contributed by atoms with van der Waals surface area (Å²) in [5, 5.41) is 2.67. The quantitative estimate of drug-likeness (QED) is 0.898. The number of anilines is 1. The van der Waals surface area contributed by atoms with Gasteiger partial charge < -0.3 is 19.9 Å². The summed E-state index contributed by atoms with van der Waals surface area (Å²) in [6.07, 6.45) is -4.36. The zero-order valence-corrected chi connectivity index (χ0v) is 12.9. The van der Waals surface area contributed by atoms with Gasteiger partial charge in [0.15, 0.2) is 0 Å². The van der Waals surface area contributed by atoms with Gasteiger partial charge >= 0.3 is 6.36 Å². The van der Waals surface area contributed by atoms with Crippen LogP contribution in [0.1, 0.15) is 6.42 Å². The standard InChI is InChI=1S/C15H20F3N3O2/c1-20-8-10-21(11-9-20)7-6-14(22)19-12-2-4-13(5-3-12)23-15(16,17)18/h2-5H,6-11H2,1H3,(H,19,22). The minimum Gasteiger partial charge on any atom is -0.406 e. The van der Waals surface area contributed by atoms with Crippen LogP contribution in [0.4, 0.5) is 18.9 Å². The number of benzene rings is 1. The number of rotatable bonds is 5. The SMILES string of the molecule is CN1CCN(CCC(=O)Nc2ccc(OC(F)(F)F)cc2)CC1. The number of hydrogen-bond donors (Lipinski definition) is 1. The van der Waals surface area contributed by atoms with E-state index in [1.807, 2.05) is 0 Å². The fraction of sp³-hybridized carbons (Fsp3) is 0.533. The second-order valence-corrected chi connectivity index (χ2v) is 5.52. The molecular formula is C15H20F3N3O2. The van der Waals surface area contributed by atoms with E-state index in [9.17, 15) is 18.0 Å². The number of ether oxygens (including phenoxy) is 1. The van der Waals surface area contributed by atoms with Crippen LogP contribution in [0.15, 0.2) is 24.3 Å². The van der Waals surface area contributed by atoms with Crippen LogP contribution in [0.25, 0.3) is 0 Å². The first kappa shape index (κ1) is 17.6. The summed E-state index contributed by atoms with van der Waals surface area (Å²) in [4.78, 5) is 16.3. The second-order valence-electron chi connectivity index (χ2n) is 5.52. The van der Waals surface area contributed by atoms with Crippen molar-refractivity contribution >= 4 is 11.6 Å². The summed E-state index contributed by atoms with van der Waals surface area (Å²) < 4.78 is 39.9. The lowest BCUT2D eigenvalue weighted by Crippen LogP contribution is -2.45. The topological polar surface area (TPSA) is 44.8 Å². The molecule has 1 aliphatic heterocycles. The van der Waals surface area contributed by atoms with Gasteiger partial charge in [0, 0.05) is 44.8 Å². The Morgan fingerprint density at radius 3 is 2.35 bits per heavy atom. The van der Waals surface area contributed by atoms with Crippen LogP contribution < -0.4 is 10.1 Å². The molecule has 0 unspecified atom stereocenters. The van der Waals surface area contributed by atoms with E-state index in [1.165, 1.54) is 24.3 Å². The number of nitrogens with one attached hydrogen (secondary N) is 1. The number of hydrogen-bond acceptors (Lipinski definition) is 4. The van der Waals surface area contributed by atoms with Gasteiger partial charge in [0.05, 0.1) is 0 Å². The van der Waals surface area contributed by atoms with Crippen molar-refractivity contribution < 1.29 is 22.7 Å². The molecule has 1 amide bonds. The Labute approximate surface area is 133 Å². The van der Waals surface area contributed by atoms with Crippen LogP contribution >= 0.6 is 0 Å². The molecule has 0 saturated carbocycles. The third kappa shape index (κ3) is 6.45. The first-order valence-corrected chi connectivity index (χ1v) is 7.38. The molecule has 0 aromatic heterocycles. The van der Waals surface area contributed by atoms with E-state index in [-0.39, 0.29) is 11.7 Å². The van der Waals surface area contributed by atoms with Gasteiger partial charge in [-0.25, -0.2) is 0 Å². The lowest BCUT2D eigenvalue weighted by Gasteiger charge is -2.32. The predicted octanol–water partition coefficient (Wildman–Crippen LogP) is 2.16. The van der Waals surface area contributed by atoms with Gasteiger partial charge in [-0.05, 0) is 31.3 Å². The number of piperazine rings is 1. The van der Waals surface area contributed by atoms with Crippen LogP contribution in [0, 0.1) is 0 Å². The number of nitrogens with zero attached hydrogens (tertiary/aromatic N) is 2. The number of likely N-dealkylation sites (N-methyl/N-ethyl adjacent to an activating group) is 1. The maximum Gasteiger partial charge on any atom is 0.573 e. The van der Waals surface area contributed by atoms with Crippen LogP contribution in [0.5, 0.6) is 5.75 Å². The van der Waals surface area contributed by atoms with E-state index in [1.54, 1.807) is 0 Å². The van der Waals surface area contributed by atoms with E-state index in [0.717, 1.165) is 26.2 Å². The van der Waals surface area contributed by atoms with Gasteiger partial charge in [-0.2, -0.15) is 0 Å². The molecule has 1 aromatic carbocycles. The number of alkyl halides is 3. The Bertz CT molecular complexity index is 512. The summed E-state index contributed by atoms with van der Waals surface area (Å²) in [5.74, 6) is -0.471.